The Morgan fingerprint density at radius 3 is 2.50 bits per heavy atom. The fourth-order valence-corrected chi connectivity index (χ4v) is 2.31. The molecule has 8 heteroatoms. The van der Waals surface area contributed by atoms with Gasteiger partial charge in [0.15, 0.2) is 6.10 Å². The zero-order valence-corrected chi connectivity index (χ0v) is 15.9. The van der Waals surface area contributed by atoms with Crippen molar-refractivity contribution in [3.8, 4) is 17.4 Å². The fourth-order valence-electron chi connectivity index (χ4n) is 1.89. The summed E-state index contributed by atoms with van der Waals surface area (Å²) in [6.45, 7) is 4.63. The van der Waals surface area contributed by atoms with E-state index in [4.69, 9.17) is 42.1 Å². The van der Waals surface area contributed by atoms with Crippen LogP contribution in [-0.4, -0.2) is 36.9 Å². The average molecular weight is 400 g/mol. The summed E-state index contributed by atoms with van der Waals surface area (Å²) in [5.74, 6) is 0.806. The quantitative estimate of drug-likeness (QED) is 0.455. The second-order valence-electron chi connectivity index (χ2n) is 5.14. The first-order chi connectivity index (χ1) is 12.5. The summed E-state index contributed by atoms with van der Waals surface area (Å²) in [5, 5.41) is 0.731. The third-order valence-electron chi connectivity index (χ3n) is 3.13. The Morgan fingerprint density at radius 2 is 1.85 bits per heavy atom. The number of hydrogen-bond donors (Lipinski definition) is 0. The number of esters is 1. The first-order valence-electron chi connectivity index (χ1n) is 7.99. The van der Waals surface area contributed by atoms with E-state index in [9.17, 15) is 4.79 Å². The van der Waals surface area contributed by atoms with Crippen LogP contribution in [0.5, 0.6) is 17.4 Å². The molecule has 0 bridgehead atoms. The number of carbonyl (C=O) groups is 1. The number of pyridine rings is 1. The number of ether oxygens (including phenoxy) is 4. The molecule has 0 saturated heterocycles. The normalized spacial score (nSPS) is 11.7. The molecule has 1 unspecified atom stereocenters. The van der Waals surface area contributed by atoms with Crippen LogP contribution in [0.2, 0.25) is 10.0 Å². The van der Waals surface area contributed by atoms with Crippen LogP contribution in [0.1, 0.15) is 13.8 Å². The van der Waals surface area contributed by atoms with Crippen LogP contribution in [0.25, 0.3) is 0 Å². The van der Waals surface area contributed by atoms with Gasteiger partial charge >= 0.3 is 5.97 Å². The smallest absolute Gasteiger partial charge is 0.347 e. The molecule has 1 aromatic carbocycles. The molecule has 0 saturated carbocycles. The molecule has 0 fully saturated rings. The number of aromatic nitrogens is 1. The lowest BCUT2D eigenvalue weighted by Gasteiger charge is -2.14. The molecule has 0 aliphatic carbocycles. The first-order valence-corrected chi connectivity index (χ1v) is 8.75. The van der Waals surface area contributed by atoms with Gasteiger partial charge in [-0.25, -0.2) is 9.78 Å². The maximum Gasteiger partial charge on any atom is 0.347 e. The van der Waals surface area contributed by atoms with Crippen molar-refractivity contribution in [2.75, 3.05) is 19.8 Å². The highest BCUT2D eigenvalue weighted by Crippen LogP contribution is 2.30. The van der Waals surface area contributed by atoms with Crippen LogP contribution in [-0.2, 0) is 14.3 Å². The molecule has 1 atom stereocenters. The van der Waals surface area contributed by atoms with Crippen LogP contribution in [0.4, 0.5) is 0 Å². The topological polar surface area (TPSA) is 66.9 Å². The minimum absolute atomic E-state index is 0.196. The van der Waals surface area contributed by atoms with E-state index in [0.717, 1.165) is 0 Å². The van der Waals surface area contributed by atoms with Crippen LogP contribution in [0.3, 0.4) is 0 Å². The summed E-state index contributed by atoms with van der Waals surface area (Å²) in [6, 6.07) is 8.23. The molecule has 140 valence electrons. The van der Waals surface area contributed by atoms with Crippen molar-refractivity contribution in [2.24, 2.45) is 0 Å². The Kier molecular flexibility index (Phi) is 7.97. The largest absolute Gasteiger partial charge is 0.479 e. The molecule has 1 heterocycles. The highest BCUT2D eigenvalue weighted by molar-refractivity contribution is 6.35. The van der Waals surface area contributed by atoms with Gasteiger partial charge < -0.3 is 18.9 Å². The Labute approximate surface area is 161 Å². The lowest BCUT2D eigenvalue weighted by atomic mass is 10.3. The van der Waals surface area contributed by atoms with Gasteiger partial charge in [-0.2, -0.15) is 0 Å². The number of carbonyl (C=O) groups excluding carboxylic acids is 1. The lowest BCUT2D eigenvalue weighted by Crippen LogP contribution is -2.27. The molecule has 6 nitrogen and oxygen atoms in total. The zero-order valence-electron chi connectivity index (χ0n) is 14.4. The maximum atomic E-state index is 11.8. The van der Waals surface area contributed by atoms with E-state index in [-0.39, 0.29) is 12.5 Å². The van der Waals surface area contributed by atoms with Crippen molar-refractivity contribution in [1.29, 1.82) is 0 Å². The van der Waals surface area contributed by atoms with Crippen molar-refractivity contribution < 1.29 is 23.7 Å². The molecule has 0 N–H and O–H groups in total. The highest BCUT2D eigenvalue weighted by Gasteiger charge is 2.16. The van der Waals surface area contributed by atoms with Gasteiger partial charge in [-0.3, -0.25) is 0 Å². The lowest BCUT2D eigenvalue weighted by molar-refractivity contribution is -0.152. The first kappa shape index (κ1) is 20.3. The van der Waals surface area contributed by atoms with Gasteiger partial charge in [0.2, 0.25) is 5.88 Å². The number of nitrogens with zero attached hydrogens (tertiary/aromatic N) is 1. The molecule has 0 aliphatic heterocycles. The Bertz CT molecular complexity index is 724. The Hall–Kier alpha value is -2.02. The standard InChI is InChI=1S/C18H19Cl2NO5/c1-3-23-8-9-24-18(22)12(2)25-14-4-6-15(7-5-14)26-17-16(20)10-13(19)11-21-17/h4-7,10-12H,3,8-9H2,1-2H3. The molecule has 26 heavy (non-hydrogen) atoms. The van der Waals surface area contributed by atoms with Gasteiger partial charge in [0.25, 0.3) is 0 Å². The van der Waals surface area contributed by atoms with Crippen molar-refractivity contribution in [2.45, 2.75) is 20.0 Å². The summed E-state index contributed by atoms with van der Waals surface area (Å²) >= 11 is 11.8. The van der Waals surface area contributed by atoms with Crippen LogP contribution in [0, 0.1) is 0 Å². The predicted octanol–water partition coefficient (Wildman–Crippen LogP) is 4.53. The monoisotopic (exact) mass is 399 g/mol. The summed E-state index contributed by atoms with van der Waals surface area (Å²) < 4.78 is 21.3. The minimum Gasteiger partial charge on any atom is -0.479 e. The number of rotatable bonds is 9. The van der Waals surface area contributed by atoms with E-state index in [0.29, 0.717) is 34.8 Å². The molecule has 2 aromatic rings. The minimum atomic E-state index is -0.740. The Balaban J connectivity index is 1.87. The van der Waals surface area contributed by atoms with Gasteiger partial charge in [0.1, 0.15) is 23.1 Å². The third-order valence-corrected chi connectivity index (χ3v) is 3.61. The third kappa shape index (κ3) is 6.37. The number of benzene rings is 1. The van der Waals surface area contributed by atoms with Crippen LogP contribution >= 0.6 is 23.2 Å². The molecule has 2 rings (SSSR count). The second kappa shape index (κ2) is 10.2. The number of halogens is 2. The summed E-state index contributed by atoms with van der Waals surface area (Å²) in [6.07, 6.45) is 0.704. The molecular formula is C18H19Cl2NO5. The summed E-state index contributed by atoms with van der Waals surface area (Å²) in [4.78, 5) is 15.8. The van der Waals surface area contributed by atoms with E-state index in [2.05, 4.69) is 4.98 Å². The second-order valence-corrected chi connectivity index (χ2v) is 5.98. The molecule has 1 aromatic heterocycles. The predicted molar refractivity (Wildman–Crippen MR) is 98.3 cm³/mol. The Morgan fingerprint density at radius 1 is 1.15 bits per heavy atom. The summed E-state index contributed by atoms with van der Waals surface area (Å²) in [5.41, 5.74) is 0. The highest BCUT2D eigenvalue weighted by atomic mass is 35.5. The van der Waals surface area contributed by atoms with Crippen LogP contribution < -0.4 is 9.47 Å². The van der Waals surface area contributed by atoms with Gasteiger partial charge in [-0.15, -0.1) is 0 Å². The maximum absolute atomic E-state index is 11.8. The van der Waals surface area contributed by atoms with E-state index in [1.165, 1.54) is 6.20 Å². The van der Waals surface area contributed by atoms with Gasteiger partial charge in [0, 0.05) is 12.8 Å². The fraction of sp³-hybridized carbons (Fsp3) is 0.333. The molecular weight excluding hydrogens is 381 g/mol. The van der Waals surface area contributed by atoms with Gasteiger partial charge in [-0.05, 0) is 44.2 Å². The van der Waals surface area contributed by atoms with Crippen molar-refractivity contribution in [3.05, 3.63) is 46.6 Å². The zero-order chi connectivity index (χ0) is 18.9. The molecule has 0 spiro atoms. The van der Waals surface area contributed by atoms with E-state index in [1.54, 1.807) is 37.3 Å². The van der Waals surface area contributed by atoms with Crippen molar-refractivity contribution in [3.63, 3.8) is 0 Å². The summed E-state index contributed by atoms with van der Waals surface area (Å²) in [7, 11) is 0. The van der Waals surface area contributed by atoms with Gasteiger partial charge in [-0.1, -0.05) is 23.2 Å². The average Bonchev–Trinajstić information content (AvgIpc) is 2.62. The van der Waals surface area contributed by atoms with Crippen molar-refractivity contribution >= 4 is 29.2 Å². The van der Waals surface area contributed by atoms with Crippen molar-refractivity contribution in [1.82, 2.24) is 4.98 Å². The molecule has 0 amide bonds. The van der Waals surface area contributed by atoms with E-state index >= 15 is 0 Å². The molecule has 0 aliphatic rings. The van der Waals surface area contributed by atoms with Crippen LogP contribution in [0.15, 0.2) is 36.5 Å². The van der Waals surface area contributed by atoms with E-state index < -0.39 is 12.1 Å². The SMILES string of the molecule is CCOCCOC(=O)C(C)Oc1ccc(Oc2ncc(Cl)cc2Cl)cc1. The van der Waals surface area contributed by atoms with Gasteiger partial charge in [0.05, 0.1) is 11.6 Å². The van der Waals surface area contributed by atoms with E-state index in [1.807, 2.05) is 6.92 Å². The molecule has 0 radical (unpaired) electrons. The number of hydrogen-bond acceptors (Lipinski definition) is 6.